The van der Waals surface area contributed by atoms with Gasteiger partial charge in [0.15, 0.2) is 0 Å². The Labute approximate surface area is 141 Å². The van der Waals surface area contributed by atoms with Crippen LogP contribution in [-0.4, -0.2) is 21.1 Å². The van der Waals surface area contributed by atoms with E-state index in [1.165, 1.54) is 0 Å². The lowest BCUT2D eigenvalue weighted by molar-refractivity contribution is -0.117. The number of nitrogens with one attached hydrogen (secondary N) is 2. The smallest absolute Gasteiger partial charge is 0.231 e. The molecule has 5 heteroatoms. The summed E-state index contributed by atoms with van der Waals surface area (Å²) < 4.78 is 0. The fraction of sp³-hybridized carbons (Fsp3) is 0.211. The zero-order valence-electron chi connectivity index (χ0n) is 13.8. The van der Waals surface area contributed by atoms with Gasteiger partial charge in [-0.3, -0.25) is 14.9 Å². The van der Waals surface area contributed by atoms with E-state index >= 15 is 0 Å². The third kappa shape index (κ3) is 3.51. The van der Waals surface area contributed by atoms with Gasteiger partial charge in [0.05, 0.1) is 12.1 Å². The summed E-state index contributed by atoms with van der Waals surface area (Å²) in [5.41, 5.74) is 4.78. The summed E-state index contributed by atoms with van der Waals surface area (Å²) in [6.45, 7) is 3.95. The highest BCUT2D eigenvalue weighted by molar-refractivity contribution is 5.96. The number of hydrogen-bond donors (Lipinski definition) is 2. The van der Waals surface area contributed by atoms with Gasteiger partial charge in [0.25, 0.3) is 0 Å². The molecule has 1 amide bonds. The Bertz CT molecular complexity index is 810. The van der Waals surface area contributed by atoms with Gasteiger partial charge < -0.3 is 5.32 Å². The molecule has 0 bridgehead atoms. The molecule has 2 N–H and O–H groups in total. The number of nitrogens with zero attached hydrogens (tertiary/aromatic N) is 2. The molecule has 24 heavy (non-hydrogen) atoms. The molecule has 1 atom stereocenters. The number of hydrogen-bond acceptors (Lipinski definition) is 3. The van der Waals surface area contributed by atoms with Crippen LogP contribution >= 0.6 is 0 Å². The van der Waals surface area contributed by atoms with E-state index in [0.717, 1.165) is 34.5 Å². The Morgan fingerprint density at radius 2 is 2.00 bits per heavy atom. The minimum absolute atomic E-state index is 0.000777. The predicted octanol–water partition coefficient (Wildman–Crippen LogP) is 3.91. The molecule has 0 aliphatic heterocycles. The van der Waals surface area contributed by atoms with Crippen molar-refractivity contribution in [1.82, 2.24) is 15.2 Å². The standard InChI is InChI=1S/C19H20N4O/c1-3-18(15-8-9-20-13(2)10-15)19(24)23-17-6-4-14(5-7-17)16-11-21-22-12-16/h4-12,18H,3H2,1-2H3,(H,21,22)(H,23,24). The van der Waals surface area contributed by atoms with E-state index in [2.05, 4.69) is 20.5 Å². The van der Waals surface area contributed by atoms with Crippen molar-refractivity contribution in [2.45, 2.75) is 26.2 Å². The highest BCUT2D eigenvalue weighted by Crippen LogP contribution is 2.24. The third-order valence-corrected chi connectivity index (χ3v) is 4.03. The minimum Gasteiger partial charge on any atom is -0.326 e. The number of pyridine rings is 1. The zero-order chi connectivity index (χ0) is 16.9. The van der Waals surface area contributed by atoms with Gasteiger partial charge in [-0.2, -0.15) is 5.10 Å². The van der Waals surface area contributed by atoms with Crippen LogP contribution in [0.4, 0.5) is 5.69 Å². The highest BCUT2D eigenvalue weighted by Gasteiger charge is 2.19. The number of rotatable bonds is 5. The van der Waals surface area contributed by atoms with Gasteiger partial charge in [0.1, 0.15) is 0 Å². The van der Waals surface area contributed by atoms with E-state index in [9.17, 15) is 4.79 Å². The monoisotopic (exact) mass is 320 g/mol. The van der Waals surface area contributed by atoms with E-state index in [-0.39, 0.29) is 11.8 Å². The molecule has 3 aromatic rings. The number of aromatic amines is 1. The van der Waals surface area contributed by atoms with Crippen LogP contribution in [0, 0.1) is 6.92 Å². The van der Waals surface area contributed by atoms with Gasteiger partial charge in [-0.15, -0.1) is 0 Å². The Morgan fingerprint density at radius 3 is 2.62 bits per heavy atom. The predicted molar refractivity (Wildman–Crippen MR) is 94.7 cm³/mol. The van der Waals surface area contributed by atoms with Gasteiger partial charge in [-0.05, 0) is 48.7 Å². The minimum atomic E-state index is -0.180. The van der Waals surface area contributed by atoms with Crippen molar-refractivity contribution in [2.24, 2.45) is 0 Å². The van der Waals surface area contributed by atoms with Crippen LogP contribution in [0.1, 0.15) is 30.5 Å². The fourth-order valence-electron chi connectivity index (χ4n) is 2.74. The van der Waals surface area contributed by atoms with Gasteiger partial charge in [0.2, 0.25) is 5.91 Å². The number of carbonyl (C=O) groups excluding carboxylic acids is 1. The lowest BCUT2D eigenvalue weighted by atomic mass is 9.95. The first-order chi connectivity index (χ1) is 11.7. The molecule has 1 unspecified atom stereocenters. The highest BCUT2D eigenvalue weighted by atomic mass is 16.1. The van der Waals surface area contributed by atoms with Crippen molar-refractivity contribution in [3.63, 3.8) is 0 Å². The number of amides is 1. The van der Waals surface area contributed by atoms with Gasteiger partial charge in [-0.1, -0.05) is 19.1 Å². The quantitative estimate of drug-likeness (QED) is 0.748. The van der Waals surface area contributed by atoms with Crippen LogP contribution in [0.2, 0.25) is 0 Å². The van der Waals surface area contributed by atoms with Crippen LogP contribution in [0.15, 0.2) is 55.0 Å². The van der Waals surface area contributed by atoms with Gasteiger partial charge >= 0.3 is 0 Å². The van der Waals surface area contributed by atoms with Crippen molar-refractivity contribution >= 4 is 11.6 Å². The SMILES string of the molecule is CCC(C(=O)Nc1ccc(-c2cn[nH]c2)cc1)c1ccnc(C)c1. The first-order valence-corrected chi connectivity index (χ1v) is 8.00. The molecule has 0 saturated carbocycles. The summed E-state index contributed by atoms with van der Waals surface area (Å²) in [5, 5.41) is 9.74. The number of aromatic nitrogens is 3. The average molecular weight is 320 g/mol. The van der Waals surface area contributed by atoms with E-state index in [1.807, 2.05) is 56.4 Å². The van der Waals surface area contributed by atoms with E-state index < -0.39 is 0 Å². The largest absolute Gasteiger partial charge is 0.326 e. The Balaban J connectivity index is 1.73. The van der Waals surface area contributed by atoms with Crippen molar-refractivity contribution < 1.29 is 4.79 Å². The molecule has 0 spiro atoms. The first-order valence-electron chi connectivity index (χ1n) is 8.00. The molecule has 5 nitrogen and oxygen atoms in total. The molecular formula is C19H20N4O. The second-order valence-corrected chi connectivity index (χ2v) is 5.74. The molecular weight excluding hydrogens is 300 g/mol. The fourth-order valence-corrected chi connectivity index (χ4v) is 2.74. The number of aryl methyl sites for hydroxylation is 1. The van der Waals surface area contributed by atoms with Crippen LogP contribution in [0.25, 0.3) is 11.1 Å². The summed E-state index contributed by atoms with van der Waals surface area (Å²) >= 11 is 0. The summed E-state index contributed by atoms with van der Waals surface area (Å²) in [6, 6.07) is 11.6. The first kappa shape index (κ1) is 15.9. The number of anilines is 1. The van der Waals surface area contributed by atoms with Gasteiger partial charge in [0, 0.05) is 29.3 Å². The van der Waals surface area contributed by atoms with Crippen LogP contribution in [-0.2, 0) is 4.79 Å². The van der Waals surface area contributed by atoms with E-state index in [1.54, 1.807) is 12.4 Å². The molecule has 0 aliphatic rings. The van der Waals surface area contributed by atoms with Crippen LogP contribution in [0.3, 0.4) is 0 Å². The summed E-state index contributed by atoms with van der Waals surface area (Å²) in [6.07, 6.45) is 6.10. The Kier molecular flexibility index (Phi) is 4.70. The zero-order valence-corrected chi connectivity index (χ0v) is 13.8. The Morgan fingerprint density at radius 1 is 1.21 bits per heavy atom. The second-order valence-electron chi connectivity index (χ2n) is 5.74. The number of H-pyrrole nitrogens is 1. The molecule has 0 fully saturated rings. The average Bonchev–Trinajstić information content (AvgIpc) is 3.11. The lowest BCUT2D eigenvalue weighted by Crippen LogP contribution is -2.20. The van der Waals surface area contributed by atoms with Crippen LogP contribution in [0.5, 0.6) is 0 Å². The van der Waals surface area contributed by atoms with E-state index in [4.69, 9.17) is 0 Å². The number of carbonyl (C=O) groups is 1. The molecule has 0 saturated heterocycles. The third-order valence-electron chi connectivity index (χ3n) is 4.03. The molecule has 0 aliphatic carbocycles. The lowest BCUT2D eigenvalue weighted by Gasteiger charge is -2.16. The summed E-state index contributed by atoms with van der Waals surface area (Å²) in [4.78, 5) is 16.8. The second kappa shape index (κ2) is 7.08. The summed E-state index contributed by atoms with van der Waals surface area (Å²) in [5.74, 6) is -0.181. The van der Waals surface area contributed by atoms with Gasteiger partial charge in [-0.25, -0.2) is 0 Å². The maximum atomic E-state index is 12.6. The van der Waals surface area contributed by atoms with Crippen molar-refractivity contribution in [3.8, 4) is 11.1 Å². The van der Waals surface area contributed by atoms with Crippen molar-refractivity contribution in [3.05, 3.63) is 66.2 Å². The molecule has 0 radical (unpaired) electrons. The summed E-state index contributed by atoms with van der Waals surface area (Å²) in [7, 11) is 0. The molecule has 2 aromatic heterocycles. The molecule has 1 aromatic carbocycles. The van der Waals surface area contributed by atoms with Crippen molar-refractivity contribution in [2.75, 3.05) is 5.32 Å². The molecule has 122 valence electrons. The van der Waals surface area contributed by atoms with Crippen molar-refractivity contribution in [1.29, 1.82) is 0 Å². The van der Waals surface area contributed by atoms with Crippen LogP contribution < -0.4 is 5.32 Å². The van der Waals surface area contributed by atoms with E-state index in [0.29, 0.717) is 0 Å². The Hall–Kier alpha value is -2.95. The molecule has 3 rings (SSSR count). The number of benzene rings is 1. The maximum absolute atomic E-state index is 12.6. The maximum Gasteiger partial charge on any atom is 0.231 e. The molecule has 2 heterocycles. The topological polar surface area (TPSA) is 70.7 Å². The normalized spacial score (nSPS) is 11.9.